The monoisotopic (exact) mass is 319 g/mol. The summed E-state index contributed by atoms with van der Waals surface area (Å²) in [6, 6.07) is 6.44. The number of carbonyl (C=O) groups is 1. The van der Waals surface area contributed by atoms with Gasteiger partial charge in [0.25, 0.3) is 0 Å². The van der Waals surface area contributed by atoms with Crippen LogP contribution in [0.4, 0.5) is 14.9 Å². The smallest absolute Gasteiger partial charge is 0.407 e. The molecule has 0 aliphatic carbocycles. The van der Waals surface area contributed by atoms with Gasteiger partial charge in [-0.25, -0.2) is 9.18 Å². The highest BCUT2D eigenvalue weighted by Gasteiger charge is 2.26. The fourth-order valence-corrected chi connectivity index (χ4v) is 2.67. The van der Waals surface area contributed by atoms with Crippen molar-refractivity contribution in [1.29, 1.82) is 5.26 Å². The van der Waals surface area contributed by atoms with Gasteiger partial charge in [0.2, 0.25) is 0 Å². The molecule has 0 spiro atoms. The van der Waals surface area contributed by atoms with Gasteiger partial charge in [-0.15, -0.1) is 0 Å². The van der Waals surface area contributed by atoms with Crippen molar-refractivity contribution in [2.45, 2.75) is 45.3 Å². The molecule has 1 aromatic rings. The average molecular weight is 319 g/mol. The predicted molar refractivity (Wildman–Crippen MR) is 85.7 cm³/mol. The highest BCUT2D eigenvalue weighted by atomic mass is 19.1. The Bertz CT molecular complexity index is 619. The number of nitrogens with zero attached hydrogens (tertiary/aromatic N) is 2. The Morgan fingerprint density at radius 2 is 2.22 bits per heavy atom. The summed E-state index contributed by atoms with van der Waals surface area (Å²) in [5, 5.41) is 12.0. The Morgan fingerprint density at radius 1 is 1.48 bits per heavy atom. The zero-order valence-electron chi connectivity index (χ0n) is 13.7. The number of piperidine rings is 1. The number of rotatable bonds is 2. The van der Waals surface area contributed by atoms with Gasteiger partial charge in [0, 0.05) is 19.1 Å². The van der Waals surface area contributed by atoms with E-state index in [2.05, 4.69) is 5.32 Å². The first-order valence-electron chi connectivity index (χ1n) is 7.73. The Labute approximate surface area is 136 Å². The van der Waals surface area contributed by atoms with Crippen LogP contribution in [-0.2, 0) is 4.74 Å². The first-order chi connectivity index (χ1) is 10.8. The van der Waals surface area contributed by atoms with Crippen molar-refractivity contribution in [3.05, 3.63) is 29.6 Å². The molecule has 1 saturated heterocycles. The molecule has 1 N–H and O–H groups in total. The molecule has 124 valence electrons. The Hall–Kier alpha value is -2.29. The van der Waals surface area contributed by atoms with Gasteiger partial charge in [0.15, 0.2) is 0 Å². The molecule has 0 aromatic heterocycles. The number of ether oxygens (including phenoxy) is 1. The van der Waals surface area contributed by atoms with E-state index in [1.807, 2.05) is 31.7 Å². The van der Waals surface area contributed by atoms with Crippen molar-refractivity contribution in [1.82, 2.24) is 5.32 Å². The van der Waals surface area contributed by atoms with Crippen LogP contribution in [0.5, 0.6) is 0 Å². The predicted octanol–water partition coefficient (Wildman–Crippen LogP) is 3.19. The van der Waals surface area contributed by atoms with Crippen LogP contribution >= 0.6 is 0 Å². The number of nitrogens with one attached hydrogen (secondary N) is 1. The van der Waals surface area contributed by atoms with Crippen LogP contribution in [0.15, 0.2) is 18.2 Å². The quantitative estimate of drug-likeness (QED) is 0.909. The summed E-state index contributed by atoms with van der Waals surface area (Å²) in [4.78, 5) is 13.8. The van der Waals surface area contributed by atoms with Crippen LogP contribution in [-0.4, -0.2) is 30.8 Å². The minimum absolute atomic E-state index is 0.0467. The van der Waals surface area contributed by atoms with E-state index in [1.165, 1.54) is 6.07 Å². The second-order valence-corrected chi connectivity index (χ2v) is 6.68. The fourth-order valence-electron chi connectivity index (χ4n) is 2.67. The van der Waals surface area contributed by atoms with E-state index in [0.717, 1.165) is 19.4 Å². The zero-order chi connectivity index (χ0) is 17.0. The lowest BCUT2D eigenvalue weighted by Crippen LogP contribution is -2.49. The van der Waals surface area contributed by atoms with Crippen molar-refractivity contribution < 1.29 is 13.9 Å². The Morgan fingerprint density at radius 3 is 2.87 bits per heavy atom. The van der Waals surface area contributed by atoms with Gasteiger partial charge in [0.05, 0.1) is 5.69 Å². The first kappa shape index (κ1) is 17.1. The van der Waals surface area contributed by atoms with Crippen molar-refractivity contribution in [2.75, 3.05) is 18.0 Å². The van der Waals surface area contributed by atoms with Crippen molar-refractivity contribution in [3.63, 3.8) is 0 Å². The normalized spacial score (nSPS) is 18.2. The lowest BCUT2D eigenvalue weighted by atomic mass is 10.0. The third-order valence-electron chi connectivity index (χ3n) is 3.59. The molecular formula is C17H22FN3O2. The molecule has 1 aromatic carbocycles. The van der Waals surface area contributed by atoms with E-state index in [4.69, 9.17) is 10.00 Å². The zero-order valence-corrected chi connectivity index (χ0v) is 13.7. The standard InChI is InChI=1S/C17H22FN3O2/c1-17(2,3)23-16(22)20-12-6-5-9-21(11-12)15-8-4-7-14(18)13(15)10-19/h4,7-8,12H,5-6,9,11H2,1-3H3,(H,20,22)/t12-/m0/s1. The van der Waals surface area contributed by atoms with E-state index < -0.39 is 17.5 Å². The highest BCUT2D eigenvalue weighted by molar-refractivity contribution is 5.68. The fraction of sp³-hybridized carbons (Fsp3) is 0.529. The number of carbonyl (C=O) groups excluding carboxylic acids is 1. The minimum Gasteiger partial charge on any atom is -0.444 e. The summed E-state index contributed by atoms with van der Waals surface area (Å²) in [5.74, 6) is -0.521. The van der Waals surface area contributed by atoms with Gasteiger partial charge < -0.3 is 15.0 Å². The lowest BCUT2D eigenvalue weighted by molar-refractivity contribution is 0.0500. The van der Waals surface area contributed by atoms with Gasteiger partial charge in [-0.1, -0.05) is 6.07 Å². The number of amides is 1. The number of anilines is 1. The first-order valence-corrected chi connectivity index (χ1v) is 7.73. The largest absolute Gasteiger partial charge is 0.444 e. The summed E-state index contributed by atoms with van der Waals surface area (Å²) < 4.78 is 19.0. The maximum Gasteiger partial charge on any atom is 0.407 e. The van der Waals surface area contributed by atoms with E-state index in [-0.39, 0.29) is 11.6 Å². The molecule has 0 saturated carbocycles. The summed E-state index contributed by atoms with van der Waals surface area (Å²) in [6.07, 6.45) is 1.22. The summed E-state index contributed by atoms with van der Waals surface area (Å²) in [5.41, 5.74) is 0.0724. The van der Waals surface area contributed by atoms with Crippen LogP contribution in [0.3, 0.4) is 0 Å². The molecule has 1 atom stereocenters. The number of hydrogen-bond acceptors (Lipinski definition) is 4. The topological polar surface area (TPSA) is 65.4 Å². The maximum absolute atomic E-state index is 13.8. The average Bonchev–Trinajstić information content (AvgIpc) is 2.45. The van der Waals surface area contributed by atoms with E-state index >= 15 is 0 Å². The van der Waals surface area contributed by atoms with Crippen LogP contribution in [0.25, 0.3) is 0 Å². The van der Waals surface area contributed by atoms with Gasteiger partial charge in [-0.2, -0.15) is 5.26 Å². The molecule has 2 rings (SSSR count). The van der Waals surface area contributed by atoms with Crippen LogP contribution in [0, 0.1) is 17.1 Å². The van der Waals surface area contributed by atoms with Crippen LogP contribution < -0.4 is 10.2 Å². The number of nitriles is 1. The van der Waals surface area contributed by atoms with Gasteiger partial charge in [-0.3, -0.25) is 0 Å². The molecule has 6 heteroatoms. The SMILES string of the molecule is CC(C)(C)OC(=O)N[C@H]1CCCN(c2cccc(F)c2C#N)C1. The van der Waals surface area contributed by atoms with Crippen LogP contribution in [0.2, 0.25) is 0 Å². The van der Waals surface area contributed by atoms with Crippen molar-refractivity contribution in [3.8, 4) is 6.07 Å². The van der Waals surface area contributed by atoms with Gasteiger partial charge in [0.1, 0.15) is 23.1 Å². The molecule has 1 heterocycles. The minimum atomic E-state index is -0.547. The third kappa shape index (κ3) is 4.59. The molecule has 0 unspecified atom stereocenters. The summed E-state index contributed by atoms with van der Waals surface area (Å²) in [6.45, 7) is 6.69. The van der Waals surface area contributed by atoms with Gasteiger partial charge >= 0.3 is 6.09 Å². The highest BCUT2D eigenvalue weighted by Crippen LogP contribution is 2.25. The second kappa shape index (κ2) is 6.86. The van der Waals surface area contributed by atoms with Crippen molar-refractivity contribution in [2.24, 2.45) is 0 Å². The van der Waals surface area contributed by atoms with E-state index in [9.17, 15) is 9.18 Å². The molecule has 23 heavy (non-hydrogen) atoms. The molecule has 1 fully saturated rings. The number of alkyl carbamates (subject to hydrolysis) is 1. The third-order valence-corrected chi connectivity index (χ3v) is 3.59. The van der Waals surface area contributed by atoms with Crippen molar-refractivity contribution >= 4 is 11.8 Å². The molecule has 1 amide bonds. The maximum atomic E-state index is 13.8. The van der Waals surface area contributed by atoms with Gasteiger partial charge in [-0.05, 0) is 45.7 Å². The van der Waals surface area contributed by atoms with E-state index in [0.29, 0.717) is 12.2 Å². The molecule has 1 aliphatic heterocycles. The Balaban J connectivity index is 2.06. The molecule has 0 radical (unpaired) electrons. The number of benzene rings is 1. The molecule has 5 nitrogen and oxygen atoms in total. The lowest BCUT2D eigenvalue weighted by Gasteiger charge is -2.35. The number of hydrogen-bond donors (Lipinski definition) is 1. The van der Waals surface area contributed by atoms with E-state index in [1.54, 1.807) is 12.1 Å². The molecule has 0 bridgehead atoms. The second-order valence-electron chi connectivity index (χ2n) is 6.68. The molecular weight excluding hydrogens is 297 g/mol. The molecule has 1 aliphatic rings. The summed E-state index contributed by atoms with van der Waals surface area (Å²) in [7, 11) is 0. The number of halogens is 1. The van der Waals surface area contributed by atoms with Crippen LogP contribution in [0.1, 0.15) is 39.2 Å². The Kier molecular flexibility index (Phi) is 5.09. The summed E-state index contributed by atoms with van der Waals surface area (Å²) >= 11 is 0.